The summed E-state index contributed by atoms with van der Waals surface area (Å²) in [6.45, 7) is 2.34. The molecule has 0 aliphatic heterocycles. The van der Waals surface area contributed by atoms with E-state index in [1.807, 2.05) is 67.6 Å². The van der Waals surface area contributed by atoms with Crippen molar-refractivity contribution in [3.8, 4) is 0 Å². The predicted molar refractivity (Wildman–Crippen MR) is 131 cm³/mol. The Morgan fingerprint density at radius 3 is 2.18 bits per heavy atom. The molecule has 0 heterocycles. The fraction of sp³-hybridized carbons (Fsp3) is 0.250. The summed E-state index contributed by atoms with van der Waals surface area (Å²) in [7, 11) is 0. The summed E-state index contributed by atoms with van der Waals surface area (Å²) in [6, 6.07) is 25.7. The van der Waals surface area contributed by atoms with Crippen LogP contribution in [0, 0.1) is 6.92 Å². The molecule has 3 aromatic rings. The van der Waals surface area contributed by atoms with Crippen molar-refractivity contribution in [2.75, 3.05) is 13.2 Å². The summed E-state index contributed by atoms with van der Waals surface area (Å²) >= 11 is 0. The molecule has 0 aliphatic carbocycles. The second-order valence-electron chi connectivity index (χ2n) is 8.06. The zero-order valence-corrected chi connectivity index (χ0v) is 19.3. The van der Waals surface area contributed by atoms with E-state index in [0.29, 0.717) is 18.4 Å². The van der Waals surface area contributed by atoms with Gasteiger partial charge in [0.25, 0.3) is 5.91 Å². The molecule has 0 saturated carbocycles. The van der Waals surface area contributed by atoms with Crippen LogP contribution in [0.2, 0.25) is 0 Å². The fourth-order valence-corrected chi connectivity index (χ4v) is 3.45. The van der Waals surface area contributed by atoms with Crippen molar-refractivity contribution in [1.29, 1.82) is 0 Å². The average molecular weight is 459 g/mol. The number of amides is 2. The molecular formula is C28H30N2O4. The van der Waals surface area contributed by atoms with Gasteiger partial charge in [0.2, 0.25) is 5.91 Å². The Bertz CT molecular complexity index is 1070. The van der Waals surface area contributed by atoms with E-state index in [-0.39, 0.29) is 31.4 Å². The van der Waals surface area contributed by atoms with Gasteiger partial charge in [0.05, 0.1) is 19.0 Å². The Morgan fingerprint density at radius 1 is 0.853 bits per heavy atom. The van der Waals surface area contributed by atoms with Gasteiger partial charge in [-0.25, -0.2) is 0 Å². The minimum atomic E-state index is -0.523. The molecule has 2 N–H and O–H groups in total. The maximum atomic E-state index is 12.6. The number of aryl methyl sites for hydroxylation is 2. The minimum absolute atomic E-state index is 0.00996. The van der Waals surface area contributed by atoms with E-state index in [1.54, 1.807) is 24.3 Å². The normalized spacial score (nSPS) is 11.3. The highest BCUT2D eigenvalue weighted by atomic mass is 16.5. The molecule has 0 aromatic heterocycles. The fourth-order valence-electron chi connectivity index (χ4n) is 3.45. The first kappa shape index (κ1) is 24.7. The lowest BCUT2D eigenvalue weighted by molar-refractivity contribution is -0.144. The zero-order valence-electron chi connectivity index (χ0n) is 19.3. The van der Waals surface area contributed by atoms with E-state index in [1.165, 1.54) is 5.56 Å². The van der Waals surface area contributed by atoms with Crippen molar-refractivity contribution in [3.05, 3.63) is 107 Å². The number of nitrogens with one attached hydrogen (secondary N) is 2. The number of hydrogen-bond donors (Lipinski definition) is 2. The number of carbonyl (C=O) groups is 3. The first-order chi connectivity index (χ1) is 16.5. The second-order valence-corrected chi connectivity index (χ2v) is 8.06. The topological polar surface area (TPSA) is 84.5 Å². The average Bonchev–Trinajstić information content (AvgIpc) is 2.87. The quantitative estimate of drug-likeness (QED) is 0.334. The number of rotatable bonds is 11. The summed E-state index contributed by atoms with van der Waals surface area (Å²) in [5.41, 5.74) is 3.62. The maximum absolute atomic E-state index is 12.6. The van der Waals surface area contributed by atoms with E-state index in [9.17, 15) is 14.4 Å². The van der Waals surface area contributed by atoms with Crippen LogP contribution in [0.4, 0.5) is 0 Å². The van der Waals surface area contributed by atoms with Crippen LogP contribution >= 0.6 is 0 Å². The van der Waals surface area contributed by atoms with Crippen LogP contribution in [0.5, 0.6) is 0 Å². The molecule has 2 amide bonds. The molecule has 0 saturated heterocycles. The molecular weight excluding hydrogens is 428 g/mol. The molecule has 0 spiro atoms. The molecule has 0 radical (unpaired) electrons. The Balaban J connectivity index is 1.43. The van der Waals surface area contributed by atoms with E-state index in [2.05, 4.69) is 10.6 Å². The first-order valence-corrected chi connectivity index (χ1v) is 11.4. The van der Waals surface area contributed by atoms with Crippen molar-refractivity contribution in [3.63, 3.8) is 0 Å². The smallest absolute Gasteiger partial charge is 0.308 e. The van der Waals surface area contributed by atoms with Gasteiger partial charge in [-0.15, -0.1) is 0 Å². The SMILES string of the molecule is Cc1ccc(CCC(=O)NCCOC(=O)CC(NC(=O)c2ccccc2)c2ccccc2)cc1. The molecule has 1 atom stereocenters. The molecule has 176 valence electrons. The number of carbonyl (C=O) groups excluding carboxylic acids is 3. The number of esters is 1. The summed E-state index contributed by atoms with van der Waals surface area (Å²) in [4.78, 5) is 37.1. The standard InChI is InChI=1S/C28H30N2O4/c1-21-12-14-22(15-13-21)16-17-26(31)29-18-19-34-27(32)20-25(23-8-4-2-5-9-23)30-28(33)24-10-6-3-7-11-24/h2-15,25H,16-20H2,1H3,(H,29,31)(H,30,33). The minimum Gasteiger partial charge on any atom is -0.464 e. The molecule has 0 fully saturated rings. The van der Waals surface area contributed by atoms with Gasteiger partial charge in [0, 0.05) is 12.0 Å². The van der Waals surface area contributed by atoms with Crippen LogP contribution in [-0.4, -0.2) is 30.9 Å². The zero-order chi connectivity index (χ0) is 24.2. The Labute approximate surface area is 200 Å². The van der Waals surface area contributed by atoms with Gasteiger partial charge in [-0.2, -0.15) is 0 Å². The lowest BCUT2D eigenvalue weighted by Gasteiger charge is -2.19. The first-order valence-electron chi connectivity index (χ1n) is 11.4. The Morgan fingerprint density at radius 2 is 1.50 bits per heavy atom. The summed E-state index contributed by atoms with van der Waals surface area (Å²) in [5, 5.41) is 5.69. The van der Waals surface area contributed by atoms with Crippen molar-refractivity contribution in [2.24, 2.45) is 0 Å². The Kier molecular flexibility index (Phi) is 9.40. The van der Waals surface area contributed by atoms with Crippen LogP contribution in [0.3, 0.4) is 0 Å². The van der Waals surface area contributed by atoms with Crippen molar-refractivity contribution >= 4 is 17.8 Å². The van der Waals surface area contributed by atoms with Crippen LogP contribution in [0.15, 0.2) is 84.9 Å². The van der Waals surface area contributed by atoms with Gasteiger partial charge in [0.15, 0.2) is 0 Å². The van der Waals surface area contributed by atoms with E-state index in [0.717, 1.165) is 11.1 Å². The number of hydrogen-bond acceptors (Lipinski definition) is 4. The third-order valence-corrected chi connectivity index (χ3v) is 5.36. The van der Waals surface area contributed by atoms with Gasteiger partial charge in [0.1, 0.15) is 6.61 Å². The van der Waals surface area contributed by atoms with Gasteiger partial charge in [-0.1, -0.05) is 78.4 Å². The van der Waals surface area contributed by atoms with Crippen LogP contribution < -0.4 is 10.6 Å². The monoisotopic (exact) mass is 458 g/mol. The predicted octanol–water partition coefficient (Wildman–Crippen LogP) is 4.15. The molecule has 6 nitrogen and oxygen atoms in total. The van der Waals surface area contributed by atoms with Crippen LogP contribution in [-0.2, 0) is 20.7 Å². The van der Waals surface area contributed by atoms with Gasteiger partial charge in [-0.05, 0) is 36.6 Å². The lowest BCUT2D eigenvalue weighted by atomic mass is 10.0. The molecule has 34 heavy (non-hydrogen) atoms. The summed E-state index contributed by atoms with van der Waals surface area (Å²) < 4.78 is 5.30. The second kappa shape index (κ2) is 12.9. The highest BCUT2D eigenvalue weighted by Crippen LogP contribution is 2.18. The maximum Gasteiger partial charge on any atom is 0.308 e. The molecule has 0 bridgehead atoms. The van der Waals surface area contributed by atoms with Gasteiger partial charge < -0.3 is 15.4 Å². The van der Waals surface area contributed by atoms with Crippen LogP contribution in [0.1, 0.15) is 45.9 Å². The molecule has 1 unspecified atom stereocenters. The van der Waals surface area contributed by atoms with E-state index in [4.69, 9.17) is 4.74 Å². The summed E-state index contributed by atoms with van der Waals surface area (Å²) in [6.07, 6.45) is 1.02. The van der Waals surface area contributed by atoms with E-state index >= 15 is 0 Å². The third-order valence-electron chi connectivity index (χ3n) is 5.36. The van der Waals surface area contributed by atoms with E-state index < -0.39 is 12.0 Å². The number of benzene rings is 3. The largest absolute Gasteiger partial charge is 0.464 e. The van der Waals surface area contributed by atoms with Crippen molar-refractivity contribution in [2.45, 2.75) is 32.2 Å². The highest BCUT2D eigenvalue weighted by molar-refractivity contribution is 5.94. The molecule has 3 aromatic carbocycles. The van der Waals surface area contributed by atoms with Crippen molar-refractivity contribution < 1.29 is 19.1 Å². The van der Waals surface area contributed by atoms with Gasteiger partial charge >= 0.3 is 5.97 Å². The summed E-state index contributed by atoms with van der Waals surface area (Å²) in [5.74, 6) is -0.798. The molecule has 6 heteroatoms. The Hall–Kier alpha value is -3.93. The number of ether oxygens (including phenoxy) is 1. The molecule has 3 rings (SSSR count). The third kappa shape index (κ3) is 8.20. The van der Waals surface area contributed by atoms with Gasteiger partial charge in [-0.3, -0.25) is 14.4 Å². The lowest BCUT2D eigenvalue weighted by Crippen LogP contribution is -2.32. The highest BCUT2D eigenvalue weighted by Gasteiger charge is 2.20. The van der Waals surface area contributed by atoms with Crippen molar-refractivity contribution in [1.82, 2.24) is 10.6 Å². The molecule has 0 aliphatic rings. The van der Waals surface area contributed by atoms with Crippen LogP contribution in [0.25, 0.3) is 0 Å².